The van der Waals surface area contributed by atoms with E-state index in [4.69, 9.17) is 4.42 Å². The summed E-state index contributed by atoms with van der Waals surface area (Å²) in [6, 6.07) is 10.3. The third-order valence-corrected chi connectivity index (χ3v) is 5.05. The first-order chi connectivity index (χ1) is 14.1. The Morgan fingerprint density at radius 2 is 1.97 bits per heavy atom. The lowest BCUT2D eigenvalue weighted by Gasteiger charge is -2.33. The molecule has 1 unspecified atom stereocenters. The van der Waals surface area contributed by atoms with Gasteiger partial charge in [-0.2, -0.15) is 0 Å². The zero-order chi connectivity index (χ0) is 20.5. The summed E-state index contributed by atoms with van der Waals surface area (Å²) in [5.41, 5.74) is 1.48. The second-order valence-corrected chi connectivity index (χ2v) is 7.29. The molecule has 7 heteroatoms. The van der Waals surface area contributed by atoms with Crippen molar-refractivity contribution in [1.29, 1.82) is 0 Å². The molecule has 1 fully saturated rings. The Labute approximate surface area is 172 Å². The predicted molar refractivity (Wildman–Crippen MR) is 112 cm³/mol. The number of aliphatic hydroxyl groups is 1. The minimum absolute atomic E-state index is 0.220. The highest BCUT2D eigenvalue weighted by molar-refractivity contribution is 5.91. The largest absolute Gasteiger partial charge is 0.447 e. The number of carbonyl (C=O) groups excluding carboxylic acids is 1. The van der Waals surface area contributed by atoms with Crippen molar-refractivity contribution in [2.24, 2.45) is 0 Å². The molecule has 0 aliphatic carbocycles. The van der Waals surface area contributed by atoms with E-state index in [1.54, 1.807) is 0 Å². The number of benzene rings is 1. The molecule has 7 nitrogen and oxygen atoms in total. The summed E-state index contributed by atoms with van der Waals surface area (Å²) in [6.07, 6.45) is 5.81. The van der Waals surface area contributed by atoms with E-state index >= 15 is 0 Å². The van der Waals surface area contributed by atoms with Crippen LogP contribution in [-0.2, 0) is 6.54 Å². The van der Waals surface area contributed by atoms with Gasteiger partial charge < -0.3 is 14.8 Å². The normalized spacial score (nSPS) is 16.9. The maximum absolute atomic E-state index is 12.0. The maximum Gasteiger partial charge on any atom is 0.273 e. The molecule has 0 saturated carbocycles. The SMILES string of the molecule is CCC(O)CNC(=O)c1coc(CN2CCN(C/C=C/c3ccccc3)CC2)n1. The first kappa shape index (κ1) is 21.2. The van der Waals surface area contributed by atoms with Crippen molar-refractivity contribution >= 4 is 12.0 Å². The Kier molecular flexibility index (Phi) is 7.98. The third-order valence-electron chi connectivity index (χ3n) is 5.05. The zero-order valence-electron chi connectivity index (χ0n) is 17.0. The summed E-state index contributed by atoms with van der Waals surface area (Å²) in [5.74, 6) is 0.228. The number of rotatable bonds is 9. The second-order valence-electron chi connectivity index (χ2n) is 7.29. The van der Waals surface area contributed by atoms with Gasteiger partial charge >= 0.3 is 0 Å². The van der Waals surface area contributed by atoms with Gasteiger partial charge in [-0.15, -0.1) is 0 Å². The molecule has 1 saturated heterocycles. The average molecular weight is 399 g/mol. The molecular weight excluding hydrogens is 368 g/mol. The van der Waals surface area contributed by atoms with Gasteiger partial charge in [-0.25, -0.2) is 4.98 Å². The topological polar surface area (TPSA) is 81.8 Å². The lowest BCUT2D eigenvalue weighted by molar-refractivity contribution is 0.0908. The van der Waals surface area contributed by atoms with Crippen LogP contribution in [0.4, 0.5) is 0 Å². The number of amides is 1. The minimum atomic E-state index is -0.538. The highest BCUT2D eigenvalue weighted by Crippen LogP contribution is 2.10. The molecule has 156 valence electrons. The van der Waals surface area contributed by atoms with Crippen LogP contribution in [0.5, 0.6) is 0 Å². The van der Waals surface area contributed by atoms with Crippen molar-refractivity contribution < 1.29 is 14.3 Å². The average Bonchev–Trinajstić information content (AvgIpc) is 3.22. The van der Waals surface area contributed by atoms with E-state index in [2.05, 4.69) is 44.4 Å². The smallest absolute Gasteiger partial charge is 0.273 e. The Bertz CT molecular complexity index is 782. The lowest BCUT2D eigenvalue weighted by atomic mass is 10.2. The fourth-order valence-electron chi connectivity index (χ4n) is 3.16. The predicted octanol–water partition coefficient (Wildman–Crippen LogP) is 2.01. The molecular formula is C22H30N4O3. The number of piperazine rings is 1. The minimum Gasteiger partial charge on any atom is -0.447 e. The van der Waals surface area contributed by atoms with Gasteiger partial charge in [0.25, 0.3) is 5.91 Å². The highest BCUT2D eigenvalue weighted by Gasteiger charge is 2.19. The van der Waals surface area contributed by atoms with E-state index in [1.807, 2.05) is 25.1 Å². The number of carbonyl (C=O) groups is 1. The van der Waals surface area contributed by atoms with Crippen LogP contribution in [0.25, 0.3) is 6.08 Å². The monoisotopic (exact) mass is 398 g/mol. The fraction of sp³-hybridized carbons (Fsp3) is 0.455. The molecule has 1 aromatic carbocycles. The summed E-state index contributed by atoms with van der Waals surface area (Å²) in [5, 5.41) is 12.2. The first-order valence-corrected chi connectivity index (χ1v) is 10.2. The molecule has 2 heterocycles. The van der Waals surface area contributed by atoms with Crippen molar-refractivity contribution in [2.75, 3.05) is 39.3 Å². The Morgan fingerprint density at radius 1 is 1.24 bits per heavy atom. The molecule has 1 aliphatic heterocycles. The number of oxazole rings is 1. The van der Waals surface area contributed by atoms with Gasteiger partial charge in [-0.1, -0.05) is 49.4 Å². The third kappa shape index (κ3) is 6.81. The van der Waals surface area contributed by atoms with Crippen molar-refractivity contribution in [2.45, 2.75) is 26.0 Å². The van der Waals surface area contributed by atoms with E-state index in [-0.39, 0.29) is 18.1 Å². The quantitative estimate of drug-likeness (QED) is 0.672. The molecule has 0 bridgehead atoms. The molecule has 29 heavy (non-hydrogen) atoms. The Morgan fingerprint density at radius 3 is 2.69 bits per heavy atom. The number of hydrogen-bond acceptors (Lipinski definition) is 6. The summed E-state index contributed by atoms with van der Waals surface area (Å²) in [4.78, 5) is 21.0. The van der Waals surface area contributed by atoms with Crippen LogP contribution < -0.4 is 5.32 Å². The van der Waals surface area contributed by atoms with Crippen LogP contribution in [0.3, 0.4) is 0 Å². The molecule has 0 radical (unpaired) electrons. The summed E-state index contributed by atoms with van der Waals surface area (Å²) in [7, 11) is 0. The molecule has 1 aromatic heterocycles. The number of aromatic nitrogens is 1. The van der Waals surface area contributed by atoms with E-state index in [9.17, 15) is 9.90 Å². The van der Waals surface area contributed by atoms with E-state index < -0.39 is 6.10 Å². The van der Waals surface area contributed by atoms with Crippen molar-refractivity contribution in [3.8, 4) is 0 Å². The van der Waals surface area contributed by atoms with Crippen LogP contribution in [0.1, 0.15) is 35.3 Å². The van der Waals surface area contributed by atoms with E-state index in [0.717, 1.165) is 32.7 Å². The summed E-state index contributed by atoms with van der Waals surface area (Å²) in [6.45, 7) is 7.47. The van der Waals surface area contributed by atoms with Gasteiger partial charge in [-0.05, 0) is 12.0 Å². The number of hydrogen-bond donors (Lipinski definition) is 2. The van der Waals surface area contributed by atoms with Crippen LogP contribution in [0.15, 0.2) is 47.1 Å². The van der Waals surface area contributed by atoms with Crippen LogP contribution >= 0.6 is 0 Å². The van der Waals surface area contributed by atoms with Gasteiger partial charge in [0.2, 0.25) is 5.89 Å². The van der Waals surface area contributed by atoms with Gasteiger partial charge in [-0.3, -0.25) is 14.6 Å². The van der Waals surface area contributed by atoms with E-state index in [1.165, 1.54) is 11.8 Å². The second kappa shape index (κ2) is 10.9. The van der Waals surface area contributed by atoms with Crippen molar-refractivity contribution in [3.05, 3.63) is 59.8 Å². The summed E-state index contributed by atoms with van der Waals surface area (Å²) >= 11 is 0. The van der Waals surface area contributed by atoms with Crippen LogP contribution in [0.2, 0.25) is 0 Å². The molecule has 1 aliphatic rings. The van der Waals surface area contributed by atoms with E-state index in [0.29, 0.717) is 18.9 Å². The van der Waals surface area contributed by atoms with Crippen molar-refractivity contribution in [1.82, 2.24) is 20.1 Å². The number of nitrogens with zero attached hydrogens (tertiary/aromatic N) is 3. The van der Waals surface area contributed by atoms with Gasteiger partial charge in [0.1, 0.15) is 6.26 Å². The molecule has 1 amide bonds. The molecule has 3 rings (SSSR count). The molecule has 0 spiro atoms. The van der Waals surface area contributed by atoms with Crippen LogP contribution in [-0.4, -0.2) is 71.2 Å². The standard InChI is InChI=1S/C22H30N4O3/c1-2-19(27)15-23-22(28)20-17-29-21(24-20)16-26-13-11-25(12-14-26)10-6-9-18-7-4-3-5-8-18/h3-9,17,19,27H,2,10-16H2,1H3,(H,23,28)/b9-6+. The highest BCUT2D eigenvalue weighted by atomic mass is 16.3. The zero-order valence-corrected chi connectivity index (χ0v) is 17.0. The number of aliphatic hydroxyl groups excluding tert-OH is 1. The molecule has 2 aromatic rings. The van der Waals surface area contributed by atoms with Crippen molar-refractivity contribution in [3.63, 3.8) is 0 Å². The lowest BCUT2D eigenvalue weighted by Crippen LogP contribution is -2.45. The number of nitrogens with one attached hydrogen (secondary N) is 1. The van der Waals surface area contributed by atoms with Gasteiger partial charge in [0.15, 0.2) is 5.69 Å². The first-order valence-electron chi connectivity index (χ1n) is 10.2. The van der Waals surface area contributed by atoms with Crippen LogP contribution in [0, 0.1) is 0 Å². The molecule has 1 atom stereocenters. The van der Waals surface area contributed by atoms with Gasteiger partial charge in [0, 0.05) is 39.3 Å². The summed E-state index contributed by atoms with van der Waals surface area (Å²) < 4.78 is 5.46. The Balaban J connectivity index is 1.39. The van der Waals surface area contributed by atoms with Gasteiger partial charge in [0.05, 0.1) is 12.6 Å². The maximum atomic E-state index is 12.0. The Hall–Kier alpha value is -2.48. The fourth-order valence-corrected chi connectivity index (χ4v) is 3.16. The molecule has 2 N–H and O–H groups in total.